The van der Waals surface area contributed by atoms with Crippen LogP contribution in [0.1, 0.15) is 37.7 Å². The molecule has 1 aliphatic rings. The molecule has 0 aromatic heterocycles. The second-order valence-corrected chi connectivity index (χ2v) is 6.13. The van der Waals surface area contributed by atoms with Crippen LogP contribution in [0.3, 0.4) is 0 Å². The Hall–Kier alpha value is -2.37. The number of aryl methyl sites for hydroxylation is 1. The molecule has 25 heavy (non-hydrogen) atoms. The molecule has 1 amide bonds. The summed E-state index contributed by atoms with van der Waals surface area (Å²) in [7, 11) is 1.64. The third-order valence-electron chi connectivity index (χ3n) is 4.42. The number of esters is 1. The van der Waals surface area contributed by atoms with Crippen molar-refractivity contribution in [2.75, 3.05) is 20.3 Å². The average molecular weight is 347 g/mol. The maximum atomic E-state index is 12.2. The predicted octanol–water partition coefficient (Wildman–Crippen LogP) is 2.14. The van der Waals surface area contributed by atoms with E-state index >= 15 is 0 Å². The van der Waals surface area contributed by atoms with Crippen LogP contribution in [0.15, 0.2) is 24.3 Å². The summed E-state index contributed by atoms with van der Waals surface area (Å²) in [5.41, 5.74) is 1.21. The third kappa shape index (κ3) is 5.59. The van der Waals surface area contributed by atoms with Crippen LogP contribution in [0, 0.1) is 0 Å². The molecule has 6 nitrogen and oxygen atoms in total. The standard InChI is InChI=1S/C19H25NO5/c1-24-16-10-8-15(9-11-16)6-3-5-13-25-19(23)17-7-2-4-12-20(17)18(22)14-21/h8-11,14,17H,2-7,12-13H2,1H3. The zero-order chi connectivity index (χ0) is 18.1. The summed E-state index contributed by atoms with van der Waals surface area (Å²) in [6, 6.07) is 7.28. The molecule has 136 valence electrons. The lowest BCUT2D eigenvalue weighted by Crippen LogP contribution is -2.49. The first kappa shape index (κ1) is 19.0. The van der Waals surface area contributed by atoms with Crippen LogP contribution in [0.4, 0.5) is 0 Å². The number of rotatable bonds is 8. The third-order valence-corrected chi connectivity index (χ3v) is 4.42. The molecule has 1 aliphatic heterocycles. The maximum absolute atomic E-state index is 12.2. The number of nitrogens with zero attached hydrogens (tertiary/aromatic N) is 1. The van der Waals surface area contributed by atoms with Gasteiger partial charge in [0.2, 0.25) is 6.29 Å². The van der Waals surface area contributed by atoms with Crippen LogP contribution >= 0.6 is 0 Å². The minimum absolute atomic E-state index is 0.264. The minimum Gasteiger partial charge on any atom is -0.497 e. The molecule has 1 aromatic carbocycles. The summed E-state index contributed by atoms with van der Waals surface area (Å²) in [4.78, 5) is 35.8. The van der Waals surface area contributed by atoms with Crippen molar-refractivity contribution >= 4 is 18.2 Å². The van der Waals surface area contributed by atoms with E-state index in [0.29, 0.717) is 19.6 Å². The average Bonchev–Trinajstić information content (AvgIpc) is 2.67. The first-order chi connectivity index (χ1) is 12.2. The zero-order valence-corrected chi connectivity index (χ0v) is 14.6. The monoisotopic (exact) mass is 347 g/mol. The zero-order valence-electron chi connectivity index (χ0n) is 14.6. The van der Waals surface area contributed by atoms with E-state index in [1.165, 1.54) is 10.5 Å². The molecular formula is C19H25NO5. The van der Waals surface area contributed by atoms with Crippen molar-refractivity contribution in [2.45, 2.75) is 44.6 Å². The van der Waals surface area contributed by atoms with Crippen molar-refractivity contribution in [1.29, 1.82) is 0 Å². The molecule has 0 saturated carbocycles. The molecule has 0 bridgehead atoms. The molecule has 1 saturated heterocycles. The highest BCUT2D eigenvalue weighted by Crippen LogP contribution is 2.18. The van der Waals surface area contributed by atoms with Crippen LogP contribution in [-0.4, -0.2) is 49.4 Å². The fourth-order valence-corrected chi connectivity index (χ4v) is 3.00. The Balaban J connectivity index is 1.70. The van der Waals surface area contributed by atoms with E-state index in [9.17, 15) is 14.4 Å². The van der Waals surface area contributed by atoms with E-state index in [1.54, 1.807) is 7.11 Å². The normalized spacial score (nSPS) is 17.0. The number of methoxy groups -OCH3 is 1. The lowest BCUT2D eigenvalue weighted by molar-refractivity contribution is -0.157. The van der Waals surface area contributed by atoms with Gasteiger partial charge in [0.1, 0.15) is 11.8 Å². The smallest absolute Gasteiger partial charge is 0.328 e. The van der Waals surface area contributed by atoms with Gasteiger partial charge in [0.05, 0.1) is 13.7 Å². The van der Waals surface area contributed by atoms with Crippen molar-refractivity contribution in [3.63, 3.8) is 0 Å². The number of unbranched alkanes of at least 4 members (excludes halogenated alkanes) is 1. The highest BCUT2D eigenvalue weighted by molar-refractivity contribution is 6.24. The predicted molar refractivity (Wildman–Crippen MR) is 92.3 cm³/mol. The number of benzene rings is 1. The first-order valence-electron chi connectivity index (χ1n) is 8.71. The van der Waals surface area contributed by atoms with Gasteiger partial charge in [0.15, 0.2) is 0 Å². The van der Waals surface area contributed by atoms with E-state index in [1.807, 2.05) is 24.3 Å². The number of piperidine rings is 1. The Labute approximate surface area is 148 Å². The highest BCUT2D eigenvalue weighted by atomic mass is 16.5. The number of likely N-dealkylation sites (tertiary alicyclic amines) is 1. The van der Waals surface area contributed by atoms with Crippen molar-refractivity contribution in [3.8, 4) is 5.75 Å². The molecular weight excluding hydrogens is 322 g/mol. The highest BCUT2D eigenvalue weighted by Gasteiger charge is 2.32. The van der Waals surface area contributed by atoms with Crippen LogP contribution < -0.4 is 4.74 Å². The van der Waals surface area contributed by atoms with E-state index in [0.717, 1.165) is 37.9 Å². The SMILES string of the molecule is COc1ccc(CCCCOC(=O)C2CCCCN2C(=O)C=O)cc1. The summed E-state index contributed by atoms with van der Waals surface area (Å²) in [6.07, 6.45) is 5.06. The van der Waals surface area contributed by atoms with Crippen molar-refractivity contribution in [3.05, 3.63) is 29.8 Å². The minimum atomic E-state index is -0.638. The van der Waals surface area contributed by atoms with E-state index in [-0.39, 0.29) is 6.29 Å². The van der Waals surface area contributed by atoms with Crippen molar-refractivity contribution in [1.82, 2.24) is 4.90 Å². The van der Waals surface area contributed by atoms with Crippen LogP contribution in [0.5, 0.6) is 5.75 Å². The van der Waals surface area contributed by atoms with E-state index < -0.39 is 17.9 Å². The fraction of sp³-hybridized carbons (Fsp3) is 0.526. The summed E-state index contributed by atoms with van der Waals surface area (Å²) in [5.74, 6) is -0.208. The molecule has 0 spiro atoms. The van der Waals surface area contributed by atoms with Gasteiger partial charge in [-0.1, -0.05) is 12.1 Å². The molecule has 0 aliphatic carbocycles. The van der Waals surface area contributed by atoms with E-state index in [4.69, 9.17) is 9.47 Å². The number of hydrogen-bond donors (Lipinski definition) is 0. The summed E-state index contributed by atoms with van der Waals surface area (Å²) in [5, 5.41) is 0. The molecule has 2 rings (SSSR count). The fourth-order valence-electron chi connectivity index (χ4n) is 3.00. The number of carbonyl (C=O) groups is 3. The molecule has 1 atom stereocenters. The van der Waals surface area contributed by atoms with Gasteiger partial charge < -0.3 is 14.4 Å². The second-order valence-electron chi connectivity index (χ2n) is 6.13. The number of ether oxygens (including phenoxy) is 2. The molecule has 1 heterocycles. The molecule has 0 N–H and O–H groups in total. The lowest BCUT2D eigenvalue weighted by Gasteiger charge is -2.32. The molecule has 1 fully saturated rings. The Morgan fingerprint density at radius 2 is 1.96 bits per heavy atom. The summed E-state index contributed by atoms with van der Waals surface area (Å²) < 4.78 is 10.4. The van der Waals surface area contributed by atoms with Gasteiger partial charge in [0.25, 0.3) is 5.91 Å². The maximum Gasteiger partial charge on any atom is 0.328 e. The topological polar surface area (TPSA) is 72.9 Å². The second kappa shape index (κ2) is 9.81. The van der Waals surface area contributed by atoms with Gasteiger partial charge in [-0.15, -0.1) is 0 Å². The number of carbonyl (C=O) groups excluding carboxylic acids is 3. The summed E-state index contributed by atoms with van der Waals surface area (Å²) in [6.45, 7) is 0.767. The van der Waals surface area contributed by atoms with Crippen LogP contribution in [-0.2, 0) is 25.5 Å². The Kier molecular flexibility index (Phi) is 7.44. The Morgan fingerprint density at radius 1 is 1.20 bits per heavy atom. The Bertz CT molecular complexity index is 584. The van der Waals surface area contributed by atoms with E-state index in [2.05, 4.69) is 0 Å². The number of aldehydes is 1. The van der Waals surface area contributed by atoms with Gasteiger partial charge in [0, 0.05) is 6.54 Å². The molecule has 6 heteroatoms. The Morgan fingerprint density at radius 3 is 2.64 bits per heavy atom. The van der Waals surface area contributed by atoms with Gasteiger partial charge >= 0.3 is 5.97 Å². The molecule has 0 radical (unpaired) electrons. The van der Waals surface area contributed by atoms with Crippen molar-refractivity contribution < 1.29 is 23.9 Å². The quantitative estimate of drug-likeness (QED) is 0.312. The lowest BCUT2D eigenvalue weighted by atomic mass is 10.0. The first-order valence-corrected chi connectivity index (χ1v) is 8.71. The van der Waals surface area contributed by atoms with Gasteiger partial charge in [-0.25, -0.2) is 4.79 Å². The summed E-state index contributed by atoms with van der Waals surface area (Å²) >= 11 is 0. The van der Waals surface area contributed by atoms with Gasteiger partial charge in [-0.2, -0.15) is 0 Å². The largest absolute Gasteiger partial charge is 0.497 e. The number of hydrogen-bond acceptors (Lipinski definition) is 5. The van der Waals surface area contributed by atoms with Crippen LogP contribution in [0.25, 0.3) is 0 Å². The molecule has 1 aromatic rings. The van der Waals surface area contributed by atoms with Crippen molar-refractivity contribution in [2.24, 2.45) is 0 Å². The number of amides is 1. The molecule has 1 unspecified atom stereocenters. The van der Waals surface area contributed by atoms with Gasteiger partial charge in [-0.3, -0.25) is 9.59 Å². The van der Waals surface area contributed by atoms with Crippen LogP contribution in [0.2, 0.25) is 0 Å². The van der Waals surface area contributed by atoms with Gasteiger partial charge in [-0.05, 0) is 56.2 Å².